The predicted molar refractivity (Wildman–Crippen MR) is 78.3 cm³/mol. The van der Waals surface area contributed by atoms with Crippen LogP contribution < -0.4 is 10.6 Å². The fraction of sp³-hybridized carbons (Fsp3) is 0.188. The molecule has 0 spiro atoms. The molecule has 0 aliphatic heterocycles. The number of anilines is 1. The van der Waals surface area contributed by atoms with Crippen LogP contribution in [0.25, 0.3) is 0 Å². The number of hydrogen-bond acceptors (Lipinski definition) is 2. The van der Waals surface area contributed by atoms with E-state index in [1.807, 2.05) is 19.1 Å². The van der Waals surface area contributed by atoms with Crippen LogP contribution in [0, 0.1) is 5.82 Å². The summed E-state index contributed by atoms with van der Waals surface area (Å²) in [7, 11) is 1.60. The van der Waals surface area contributed by atoms with Crippen molar-refractivity contribution < 1.29 is 9.18 Å². The lowest BCUT2D eigenvalue weighted by molar-refractivity contribution is 0.0963. The van der Waals surface area contributed by atoms with E-state index >= 15 is 0 Å². The maximum Gasteiger partial charge on any atom is 0.251 e. The zero-order valence-corrected chi connectivity index (χ0v) is 11.5. The van der Waals surface area contributed by atoms with Crippen LogP contribution in [0.5, 0.6) is 0 Å². The molecule has 1 unspecified atom stereocenters. The van der Waals surface area contributed by atoms with Crippen molar-refractivity contribution in [3.8, 4) is 0 Å². The van der Waals surface area contributed by atoms with Crippen LogP contribution in [0.4, 0.5) is 10.1 Å². The molecule has 0 heterocycles. The Hall–Kier alpha value is -2.36. The highest BCUT2D eigenvalue weighted by molar-refractivity contribution is 5.94. The van der Waals surface area contributed by atoms with Crippen LogP contribution in [0.1, 0.15) is 28.9 Å². The van der Waals surface area contributed by atoms with E-state index in [2.05, 4.69) is 10.6 Å². The highest BCUT2D eigenvalue weighted by Gasteiger charge is 2.06. The van der Waals surface area contributed by atoms with Gasteiger partial charge in [-0.2, -0.15) is 0 Å². The van der Waals surface area contributed by atoms with E-state index < -0.39 is 0 Å². The van der Waals surface area contributed by atoms with E-state index in [0.717, 1.165) is 11.3 Å². The third-order valence-electron chi connectivity index (χ3n) is 3.13. The molecule has 2 aromatic rings. The molecule has 0 saturated heterocycles. The Morgan fingerprint density at radius 1 is 1.05 bits per heavy atom. The van der Waals surface area contributed by atoms with Gasteiger partial charge >= 0.3 is 0 Å². The molecule has 0 aromatic heterocycles. The summed E-state index contributed by atoms with van der Waals surface area (Å²) < 4.78 is 12.9. The molecular weight excluding hydrogens is 255 g/mol. The second-order valence-electron chi connectivity index (χ2n) is 4.57. The first-order chi connectivity index (χ1) is 9.60. The van der Waals surface area contributed by atoms with Gasteiger partial charge in [0.2, 0.25) is 0 Å². The molecule has 0 aliphatic rings. The summed E-state index contributed by atoms with van der Waals surface area (Å²) in [6.07, 6.45) is 0. The molecule has 104 valence electrons. The molecule has 0 bridgehead atoms. The number of carbonyl (C=O) groups is 1. The lowest BCUT2D eigenvalue weighted by atomic mass is 10.1. The van der Waals surface area contributed by atoms with Gasteiger partial charge in [-0.1, -0.05) is 12.1 Å². The minimum atomic E-state index is -0.240. The van der Waals surface area contributed by atoms with Gasteiger partial charge in [0, 0.05) is 24.3 Å². The summed E-state index contributed by atoms with van der Waals surface area (Å²) in [5.41, 5.74) is 2.53. The third kappa shape index (κ3) is 3.35. The van der Waals surface area contributed by atoms with Gasteiger partial charge in [0.05, 0.1) is 0 Å². The van der Waals surface area contributed by atoms with Gasteiger partial charge in [-0.15, -0.1) is 0 Å². The summed E-state index contributed by atoms with van der Waals surface area (Å²) in [6.45, 7) is 2.00. The van der Waals surface area contributed by atoms with E-state index in [1.165, 1.54) is 12.1 Å². The Kier molecular flexibility index (Phi) is 4.35. The lowest BCUT2D eigenvalue weighted by Gasteiger charge is -2.16. The normalized spacial score (nSPS) is 11.8. The number of rotatable bonds is 4. The van der Waals surface area contributed by atoms with Gasteiger partial charge in [0.15, 0.2) is 0 Å². The summed E-state index contributed by atoms with van der Waals surface area (Å²) in [5.74, 6) is -0.348. The second kappa shape index (κ2) is 6.19. The molecule has 2 aromatic carbocycles. The number of benzene rings is 2. The first kappa shape index (κ1) is 14.1. The number of hydrogen-bond donors (Lipinski definition) is 2. The molecule has 2 rings (SSSR count). The molecule has 0 fully saturated rings. The van der Waals surface area contributed by atoms with Gasteiger partial charge in [-0.3, -0.25) is 4.79 Å². The summed E-state index contributed by atoms with van der Waals surface area (Å²) in [4.78, 5) is 11.4. The number of amides is 1. The minimum absolute atomic E-state index is 0.0569. The van der Waals surface area contributed by atoms with Crippen molar-refractivity contribution in [2.75, 3.05) is 12.4 Å². The Balaban J connectivity index is 2.06. The number of halogens is 1. The van der Waals surface area contributed by atoms with E-state index in [4.69, 9.17) is 0 Å². The van der Waals surface area contributed by atoms with Crippen molar-refractivity contribution in [3.63, 3.8) is 0 Å². The predicted octanol–water partition coefficient (Wildman–Crippen LogP) is 3.36. The Bertz CT molecular complexity index is 578. The van der Waals surface area contributed by atoms with Gasteiger partial charge in [-0.05, 0) is 48.9 Å². The van der Waals surface area contributed by atoms with Crippen LogP contribution in [0.15, 0.2) is 48.5 Å². The molecule has 2 N–H and O–H groups in total. The Morgan fingerprint density at radius 2 is 1.65 bits per heavy atom. The van der Waals surface area contributed by atoms with E-state index in [9.17, 15) is 9.18 Å². The van der Waals surface area contributed by atoms with Gasteiger partial charge in [0.1, 0.15) is 5.82 Å². The molecule has 20 heavy (non-hydrogen) atoms. The van der Waals surface area contributed by atoms with Crippen molar-refractivity contribution in [1.29, 1.82) is 0 Å². The van der Waals surface area contributed by atoms with E-state index in [-0.39, 0.29) is 17.8 Å². The topological polar surface area (TPSA) is 41.1 Å². The smallest absolute Gasteiger partial charge is 0.251 e. The number of nitrogens with one attached hydrogen (secondary N) is 2. The van der Waals surface area contributed by atoms with Gasteiger partial charge < -0.3 is 10.6 Å². The third-order valence-corrected chi connectivity index (χ3v) is 3.13. The minimum Gasteiger partial charge on any atom is -0.379 e. The summed E-state index contributed by atoms with van der Waals surface area (Å²) >= 11 is 0. The molecule has 0 aliphatic carbocycles. The summed E-state index contributed by atoms with van der Waals surface area (Å²) in [6, 6.07) is 13.7. The highest BCUT2D eigenvalue weighted by atomic mass is 19.1. The zero-order chi connectivity index (χ0) is 14.5. The zero-order valence-electron chi connectivity index (χ0n) is 11.5. The Morgan fingerprint density at radius 3 is 2.20 bits per heavy atom. The Labute approximate surface area is 117 Å². The average molecular weight is 272 g/mol. The lowest BCUT2D eigenvalue weighted by Crippen LogP contribution is -2.17. The molecule has 4 heteroatoms. The average Bonchev–Trinajstić information content (AvgIpc) is 2.48. The standard InChI is InChI=1S/C16H17FN2O/c1-11(12-3-7-14(17)8-4-12)19-15-9-5-13(6-10-15)16(20)18-2/h3-11,19H,1-2H3,(H,18,20). The van der Waals surface area contributed by atoms with Crippen molar-refractivity contribution in [1.82, 2.24) is 5.32 Å². The quantitative estimate of drug-likeness (QED) is 0.896. The molecule has 3 nitrogen and oxygen atoms in total. The first-order valence-corrected chi connectivity index (χ1v) is 6.44. The second-order valence-corrected chi connectivity index (χ2v) is 4.57. The molecule has 1 atom stereocenters. The largest absolute Gasteiger partial charge is 0.379 e. The van der Waals surface area contributed by atoms with E-state index in [0.29, 0.717) is 5.56 Å². The van der Waals surface area contributed by atoms with Crippen molar-refractivity contribution in [3.05, 3.63) is 65.5 Å². The van der Waals surface area contributed by atoms with Gasteiger partial charge in [0.25, 0.3) is 5.91 Å². The molecule has 0 saturated carbocycles. The fourth-order valence-corrected chi connectivity index (χ4v) is 1.95. The first-order valence-electron chi connectivity index (χ1n) is 6.44. The monoisotopic (exact) mass is 272 g/mol. The SMILES string of the molecule is CNC(=O)c1ccc(NC(C)c2ccc(F)cc2)cc1. The van der Waals surface area contributed by atoms with Crippen LogP contribution in [0.3, 0.4) is 0 Å². The van der Waals surface area contributed by atoms with E-state index in [1.54, 1.807) is 31.3 Å². The van der Waals surface area contributed by atoms with Crippen LogP contribution in [-0.2, 0) is 0 Å². The van der Waals surface area contributed by atoms with Crippen molar-refractivity contribution in [2.45, 2.75) is 13.0 Å². The van der Waals surface area contributed by atoms with Crippen LogP contribution >= 0.6 is 0 Å². The molecule has 1 amide bonds. The summed E-state index contributed by atoms with van der Waals surface area (Å²) in [5, 5.41) is 5.89. The van der Waals surface area contributed by atoms with Crippen molar-refractivity contribution >= 4 is 11.6 Å². The van der Waals surface area contributed by atoms with Crippen molar-refractivity contribution in [2.24, 2.45) is 0 Å². The molecular formula is C16H17FN2O. The molecule has 0 radical (unpaired) electrons. The highest BCUT2D eigenvalue weighted by Crippen LogP contribution is 2.19. The van der Waals surface area contributed by atoms with Crippen LogP contribution in [0.2, 0.25) is 0 Å². The van der Waals surface area contributed by atoms with Gasteiger partial charge in [-0.25, -0.2) is 4.39 Å². The number of carbonyl (C=O) groups excluding carboxylic acids is 1. The fourth-order valence-electron chi connectivity index (χ4n) is 1.95. The maximum absolute atomic E-state index is 12.9. The maximum atomic E-state index is 12.9. The van der Waals surface area contributed by atoms with Crippen LogP contribution in [-0.4, -0.2) is 13.0 Å².